The molecule has 2 aromatic carbocycles. The molecule has 0 aliphatic heterocycles. The van der Waals surface area contributed by atoms with Gasteiger partial charge < -0.3 is 4.74 Å². The van der Waals surface area contributed by atoms with E-state index in [0.717, 1.165) is 5.56 Å². The van der Waals surface area contributed by atoms with E-state index in [0.29, 0.717) is 15.8 Å². The Bertz CT molecular complexity index is 672. The normalized spacial score (nSPS) is 12.1. The Morgan fingerprint density at radius 1 is 1.18 bits per heavy atom. The number of hydrogen-bond donors (Lipinski definition) is 1. The van der Waals surface area contributed by atoms with Gasteiger partial charge in [-0.05, 0) is 48.9 Å². The first-order chi connectivity index (χ1) is 10.5. The predicted molar refractivity (Wildman–Crippen MR) is 88.7 cm³/mol. The molecule has 0 aliphatic rings. The first kappa shape index (κ1) is 16.3. The van der Waals surface area contributed by atoms with Crippen molar-refractivity contribution in [3.05, 3.63) is 64.1 Å². The molecule has 2 rings (SSSR count). The van der Waals surface area contributed by atoms with Crippen LogP contribution < -0.4 is 10.2 Å². The fourth-order valence-corrected chi connectivity index (χ4v) is 1.94. The van der Waals surface area contributed by atoms with Gasteiger partial charge in [-0.15, -0.1) is 0 Å². The molecule has 1 unspecified atom stereocenters. The number of hydrazone groups is 1. The molecule has 4 nitrogen and oxygen atoms in total. The second kappa shape index (κ2) is 7.82. The number of carbonyl (C=O) groups is 1. The largest absolute Gasteiger partial charge is 0.481 e. The number of benzene rings is 2. The molecular formula is C16H14Cl2N2O2. The van der Waals surface area contributed by atoms with Crippen molar-refractivity contribution < 1.29 is 9.53 Å². The van der Waals surface area contributed by atoms with Crippen LogP contribution in [0, 0.1) is 0 Å². The Morgan fingerprint density at radius 3 is 2.59 bits per heavy atom. The molecule has 0 spiro atoms. The zero-order valence-corrected chi connectivity index (χ0v) is 13.3. The van der Waals surface area contributed by atoms with Gasteiger partial charge in [0.1, 0.15) is 5.75 Å². The van der Waals surface area contributed by atoms with E-state index in [2.05, 4.69) is 10.5 Å². The molecule has 6 heteroatoms. The molecule has 0 saturated heterocycles. The Labute approximate surface area is 138 Å². The number of ether oxygens (including phenoxy) is 1. The van der Waals surface area contributed by atoms with Crippen LogP contribution in [0.5, 0.6) is 5.75 Å². The lowest BCUT2D eigenvalue weighted by atomic mass is 10.2. The van der Waals surface area contributed by atoms with Crippen LogP contribution in [0.3, 0.4) is 0 Å². The van der Waals surface area contributed by atoms with Crippen LogP contribution in [0.1, 0.15) is 12.5 Å². The Balaban J connectivity index is 1.87. The molecule has 1 amide bonds. The summed E-state index contributed by atoms with van der Waals surface area (Å²) in [5.41, 5.74) is 3.21. The summed E-state index contributed by atoms with van der Waals surface area (Å²) in [5, 5.41) is 5.09. The number of nitrogens with one attached hydrogen (secondary N) is 1. The first-order valence-electron chi connectivity index (χ1n) is 6.55. The fourth-order valence-electron chi connectivity index (χ4n) is 1.62. The molecule has 0 fully saturated rings. The van der Waals surface area contributed by atoms with Gasteiger partial charge in [0.15, 0.2) is 6.10 Å². The maximum Gasteiger partial charge on any atom is 0.280 e. The van der Waals surface area contributed by atoms with E-state index < -0.39 is 6.10 Å². The summed E-state index contributed by atoms with van der Waals surface area (Å²) in [6.45, 7) is 1.64. The Kier molecular flexibility index (Phi) is 5.81. The molecule has 0 heterocycles. The molecule has 0 radical (unpaired) electrons. The van der Waals surface area contributed by atoms with Gasteiger partial charge in [0.05, 0.1) is 6.21 Å². The van der Waals surface area contributed by atoms with Crippen molar-refractivity contribution in [1.82, 2.24) is 5.43 Å². The Morgan fingerprint density at radius 2 is 1.91 bits per heavy atom. The van der Waals surface area contributed by atoms with Gasteiger partial charge in [0, 0.05) is 10.0 Å². The Hall–Kier alpha value is -2.04. The smallest absolute Gasteiger partial charge is 0.280 e. The van der Waals surface area contributed by atoms with E-state index in [1.807, 2.05) is 6.07 Å². The van der Waals surface area contributed by atoms with Crippen LogP contribution >= 0.6 is 23.2 Å². The zero-order chi connectivity index (χ0) is 15.9. The lowest BCUT2D eigenvalue weighted by molar-refractivity contribution is -0.127. The van der Waals surface area contributed by atoms with Gasteiger partial charge in [0.25, 0.3) is 5.91 Å². The second-order valence-corrected chi connectivity index (χ2v) is 5.38. The number of nitrogens with zero attached hydrogens (tertiary/aromatic N) is 1. The van der Waals surface area contributed by atoms with Crippen molar-refractivity contribution in [3.63, 3.8) is 0 Å². The summed E-state index contributed by atoms with van der Waals surface area (Å²) >= 11 is 11.6. The number of amides is 1. The molecule has 0 saturated carbocycles. The minimum absolute atomic E-state index is 0.353. The third-order valence-corrected chi connectivity index (χ3v) is 3.22. The number of carbonyl (C=O) groups excluding carboxylic acids is 1. The number of halogens is 2. The van der Waals surface area contributed by atoms with Crippen molar-refractivity contribution in [2.24, 2.45) is 5.10 Å². The standard InChI is InChI=1S/C16H14Cl2N2O2/c1-11(22-15-7-5-13(17)6-8-15)16(21)20-19-10-12-3-2-4-14(18)9-12/h2-11H,1H3,(H,20,21). The topological polar surface area (TPSA) is 50.7 Å². The predicted octanol–water partition coefficient (Wildman–Crippen LogP) is 3.91. The van der Waals surface area contributed by atoms with E-state index in [9.17, 15) is 4.79 Å². The van der Waals surface area contributed by atoms with Gasteiger partial charge in [0.2, 0.25) is 0 Å². The van der Waals surface area contributed by atoms with E-state index >= 15 is 0 Å². The van der Waals surface area contributed by atoms with Crippen molar-refractivity contribution in [2.75, 3.05) is 0 Å². The third-order valence-electron chi connectivity index (χ3n) is 2.73. The van der Waals surface area contributed by atoms with Gasteiger partial charge in [-0.2, -0.15) is 5.10 Å². The van der Waals surface area contributed by atoms with Gasteiger partial charge >= 0.3 is 0 Å². The molecule has 2 aromatic rings. The summed E-state index contributed by atoms with van der Waals surface area (Å²) < 4.78 is 5.49. The van der Waals surface area contributed by atoms with Crippen molar-refractivity contribution in [3.8, 4) is 5.75 Å². The maximum atomic E-state index is 11.9. The molecule has 114 valence electrons. The molecule has 0 bridgehead atoms. The highest BCUT2D eigenvalue weighted by atomic mass is 35.5. The summed E-state index contributed by atoms with van der Waals surface area (Å²) in [6.07, 6.45) is 0.830. The summed E-state index contributed by atoms with van der Waals surface area (Å²) in [4.78, 5) is 11.9. The fraction of sp³-hybridized carbons (Fsp3) is 0.125. The van der Waals surface area contributed by atoms with E-state index in [-0.39, 0.29) is 5.91 Å². The highest BCUT2D eigenvalue weighted by molar-refractivity contribution is 6.31. The first-order valence-corrected chi connectivity index (χ1v) is 7.31. The van der Waals surface area contributed by atoms with Gasteiger partial charge in [-0.1, -0.05) is 35.3 Å². The zero-order valence-electron chi connectivity index (χ0n) is 11.8. The highest BCUT2D eigenvalue weighted by Crippen LogP contribution is 2.16. The van der Waals surface area contributed by atoms with Crippen molar-refractivity contribution in [1.29, 1.82) is 0 Å². The van der Waals surface area contributed by atoms with Crippen LogP contribution in [0.15, 0.2) is 53.6 Å². The molecular weight excluding hydrogens is 323 g/mol. The van der Waals surface area contributed by atoms with E-state index in [1.165, 1.54) is 6.21 Å². The number of hydrogen-bond acceptors (Lipinski definition) is 3. The summed E-state index contributed by atoms with van der Waals surface area (Å²) in [6, 6.07) is 13.9. The van der Waals surface area contributed by atoms with Gasteiger partial charge in [-0.25, -0.2) is 5.43 Å². The highest BCUT2D eigenvalue weighted by Gasteiger charge is 2.13. The molecule has 1 atom stereocenters. The third kappa shape index (κ3) is 5.06. The van der Waals surface area contributed by atoms with Crippen LogP contribution in [-0.2, 0) is 4.79 Å². The second-order valence-electron chi connectivity index (χ2n) is 4.50. The summed E-state index contributed by atoms with van der Waals surface area (Å²) in [7, 11) is 0. The number of rotatable bonds is 5. The SMILES string of the molecule is CC(Oc1ccc(Cl)cc1)C(=O)NN=Cc1cccc(Cl)c1. The average Bonchev–Trinajstić information content (AvgIpc) is 2.49. The molecule has 0 aliphatic carbocycles. The minimum Gasteiger partial charge on any atom is -0.481 e. The van der Waals surface area contributed by atoms with Crippen LogP contribution in [-0.4, -0.2) is 18.2 Å². The lowest BCUT2D eigenvalue weighted by Crippen LogP contribution is -2.33. The van der Waals surface area contributed by atoms with Crippen LogP contribution in [0.4, 0.5) is 0 Å². The lowest BCUT2D eigenvalue weighted by Gasteiger charge is -2.12. The van der Waals surface area contributed by atoms with E-state index in [1.54, 1.807) is 49.4 Å². The molecule has 1 N–H and O–H groups in total. The minimum atomic E-state index is -0.683. The maximum absolute atomic E-state index is 11.9. The average molecular weight is 337 g/mol. The van der Waals surface area contributed by atoms with E-state index in [4.69, 9.17) is 27.9 Å². The summed E-state index contributed by atoms with van der Waals surface area (Å²) in [5.74, 6) is 0.207. The van der Waals surface area contributed by atoms with Crippen molar-refractivity contribution >= 4 is 35.3 Å². The van der Waals surface area contributed by atoms with Crippen molar-refractivity contribution in [2.45, 2.75) is 13.0 Å². The van der Waals surface area contributed by atoms with Crippen LogP contribution in [0.25, 0.3) is 0 Å². The quantitative estimate of drug-likeness (QED) is 0.664. The molecule has 22 heavy (non-hydrogen) atoms. The van der Waals surface area contributed by atoms with Crippen LogP contribution in [0.2, 0.25) is 10.0 Å². The molecule has 0 aromatic heterocycles. The van der Waals surface area contributed by atoms with Gasteiger partial charge in [-0.3, -0.25) is 4.79 Å². The monoisotopic (exact) mass is 336 g/mol.